The van der Waals surface area contributed by atoms with E-state index in [0.717, 1.165) is 30.7 Å². The van der Waals surface area contributed by atoms with Gasteiger partial charge < -0.3 is 10.5 Å². The maximum Gasteiger partial charge on any atom is 0.0720 e. The number of hydrogen-bond acceptors (Lipinski definition) is 2. The first-order valence-corrected chi connectivity index (χ1v) is 6.23. The van der Waals surface area contributed by atoms with Crippen LogP contribution in [0.1, 0.15) is 31.2 Å². The Morgan fingerprint density at radius 3 is 2.38 bits per heavy atom. The third-order valence-corrected chi connectivity index (χ3v) is 3.37. The van der Waals surface area contributed by atoms with Crippen LogP contribution in [0.25, 0.3) is 0 Å². The van der Waals surface area contributed by atoms with Gasteiger partial charge in [-0.3, -0.25) is 0 Å². The van der Waals surface area contributed by atoms with Gasteiger partial charge in [-0.15, -0.1) is 0 Å². The second-order valence-corrected chi connectivity index (χ2v) is 4.91. The molecular weight excluding hydrogens is 222 g/mol. The Kier molecular flexibility index (Phi) is 4.22. The van der Waals surface area contributed by atoms with Gasteiger partial charge in [0.2, 0.25) is 0 Å². The molecule has 16 heavy (non-hydrogen) atoms. The van der Waals surface area contributed by atoms with Crippen LogP contribution in [0.3, 0.4) is 0 Å². The van der Waals surface area contributed by atoms with Crippen molar-refractivity contribution in [2.45, 2.75) is 44.4 Å². The summed E-state index contributed by atoms with van der Waals surface area (Å²) in [5.74, 6) is 0. The van der Waals surface area contributed by atoms with Crippen LogP contribution in [0.15, 0.2) is 24.3 Å². The Morgan fingerprint density at radius 2 is 1.75 bits per heavy atom. The Morgan fingerprint density at radius 1 is 1.12 bits per heavy atom. The molecule has 0 unspecified atom stereocenters. The minimum absolute atomic E-state index is 0.385. The molecule has 1 aromatic rings. The molecule has 0 spiro atoms. The topological polar surface area (TPSA) is 35.2 Å². The van der Waals surface area contributed by atoms with Gasteiger partial charge in [-0.05, 0) is 43.4 Å². The molecule has 0 amide bonds. The third-order valence-electron chi connectivity index (χ3n) is 3.12. The maximum absolute atomic E-state index is 5.86. The number of rotatable bonds is 3. The molecular formula is C13H18ClNO. The summed E-state index contributed by atoms with van der Waals surface area (Å²) in [4.78, 5) is 0. The molecule has 0 saturated heterocycles. The summed E-state index contributed by atoms with van der Waals surface area (Å²) in [6.45, 7) is 0.678. The van der Waals surface area contributed by atoms with Gasteiger partial charge in [0.15, 0.2) is 0 Å². The fourth-order valence-electron chi connectivity index (χ4n) is 2.05. The quantitative estimate of drug-likeness (QED) is 0.880. The molecule has 2 nitrogen and oxygen atoms in total. The molecule has 2 N–H and O–H groups in total. The lowest BCUT2D eigenvalue weighted by atomic mass is 9.94. The van der Waals surface area contributed by atoms with Gasteiger partial charge in [0.05, 0.1) is 12.7 Å². The van der Waals surface area contributed by atoms with Crippen molar-refractivity contribution >= 4 is 11.6 Å². The molecule has 2 rings (SSSR count). The van der Waals surface area contributed by atoms with Crippen molar-refractivity contribution in [1.82, 2.24) is 0 Å². The lowest BCUT2D eigenvalue weighted by Gasteiger charge is -2.26. The molecule has 0 bridgehead atoms. The molecule has 1 saturated carbocycles. The van der Waals surface area contributed by atoms with Crippen LogP contribution >= 0.6 is 11.6 Å². The van der Waals surface area contributed by atoms with E-state index >= 15 is 0 Å². The fraction of sp³-hybridized carbons (Fsp3) is 0.538. The highest BCUT2D eigenvalue weighted by atomic mass is 35.5. The number of ether oxygens (including phenoxy) is 1. The van der Waals surface area contributed by atoms with Crippen molar-refractivity contribution in [3.8, 4) is 0 Å². The second kappa shape index (κ2) is 5.67. The van der Waals surface area contributed by atoms with Crippen molar-refractivity contribution < 1.29 is 4.74 Å². The van der Waals surface area contributed by atoms with Crippen LogP contribution in [0.2, 0.25) is 5.02 Å². The van der Waals surface area contributed by atoms with Crippen LogP contribution in [0.4, 0.5) is 0 Å². The van der Waals surface area contributed by atoms with Crippen LogP contribution in [0, 0.1) is 0 Å². The van der Waals surface area contributed by atoms with Gasteiger partial charge in [0, 0.05) is 11.1 Å². The predicted molar refractivity (Wildman–Crippen MR) is 66.5 cm³/mol. The highest BCUT2D eigenvalue weighted by Crippen LogP contribution is 2.21. The summed E-state index contributed by atoms with van der Waals surface area (Å²) in [6.07, 6.45) is 4.75. The van der Waals surface area contributed by atoms with Gasteiger partial charge >= 0.3 is 0 Å². The van der Waals surface area contributed by atoms with E-state index in [1.165, 1.54) is 5.56 Å². The van der Waals surface area contributed by atoms with Crippen LogP contribution in [-0.2, 0) is 11.3 Å². The molecule has 3 heteroatoms. The van der Waals surface area contributed by atoms with E-state index in [9.17, 15) is 0 Å². The largest absolute Gasteiger partial charge is 0.374 e. The SMILES string of the molecule is NC1CCC(OCc2ccc(Cl)cc2)CC1. The van der Waals surface area contributed by atoms with E-state index < -0.39 is 0 Å². The van der Waals surface area contributed by atoms with E-state index in [0.29, 0.717) is 18.8 Å². The zero-order chi connectivity index (χ0) is 11.4. The minimum atomic E-state index is 0.385. The molecule has 0 atom stereocenters. The van der Waals surface area contributed by atoms with Crippen LogP contribution < -0.4 is 5.73 Å². The van der Waals surface area contributed by atoms with E-state index in [-0.39, 0.29) is 0 Å². The van der Waals surface area contributed by atoms with Crippen molar-refractivity contribution in [1.29, 1.82) is 0 Å². The molecule has 88 valence electrons. The summed E-state index contributed by atoms with van der Waals surface area (Å²) in [6, 6.07) is 8.21. The number of nitrogens with two attached hydrogens (primary N) is 1. The monoisotopic (exact) mass is 239 g/mol. The standard InChI is InChI=1S/C13H18ClNO/c14-11-3-1-10(2-4-11)9-16-13-7-5-12(15)6-8-13/h1-4,12-13H,5-9,15H2. The summed E-state index contributed by atoms with van der Waals surface area (Å²) in [7, 11) is 0. The van der Waals surface area contributed by atoms with Crippen molar-refractivity contribution in [2.75, 3.05) is 0 Å². The Balaban J connectivity index is 1.77. The van der Waals surface area contributed by atoms with Crippen LogP contribution in [-0.4, -0.2) is 12.1 Å². The second-order valence-electron chi connectivity index (χ2n) is 4.47. The zero-order valence-electron chi connectivity index (χ0n) is 9.36. The average Bonchev–Trinajstić information content (AvgIpc) is 2.30. The lowest BCUT2D eigenvalue weighted by Crippen LogP contribution is -2.30. The Labute approximate surface area is 102 Å². The minimum Gasteiger partial charge on any atom is -0.374 e. The molecule has 1 fully saturated rings. The summed E-state index contributed by atoms with van der Waals surface area (Å²) in [5.41, 5.74) is 7.03. The average molecular weight is 240 g/mol. The molecule has 1 aliphatic rings. The van der Waals surface area contributed by atoms with Gasteiger partial charge in [-0.1, -0.05) is 23.7 Å². The van der Waals surface area contributed by atoms with E-state index in [4.69, 9.17) is 22.1 Å². The number of benzene rings is 1. The fourth-order valence-corrected chi connectivity index (χ4v) is 2.18. The number of halogens is 1. The normalized spacial score (nSPS) is 25.6. The highest BCUT2D eigenvalue weighted by molar-refractivity contribution is 6.30. The first kappa shape index (κ1) is 11.9. The summed E-state index contributed by atoms with van der Waals surface area (Å²) in [5, 5.41) is 0.771. The maximum atomic E-state index is 5.86. The molecule has 0 heterocycles. The van der Waals surface area contributed by atoms with Gasteiger partial charge in [0.25, 0.3) is 0 Å². The van der Waals surface area contributed by atoms with Gasteiger partial charge in [-0.25, -0.2) is 0 Å². The van der Waals surface area contributed by atoms with E-state index in [1.54, 1.807) is 0 Å². The Bertz CT molecular complexity index is 317. The van der Waals surface area contributed by atoms with Crippen LogP contribution in [0.5, 0.6) is 0 Å². The van der Waals surface area contributed by atoms with Crippen molar-refractivity contribution in [2.24, 2.45) is 5.73 Å². The van der Waals surface area contributed by atoms with Gasteiger partial charge in [0.1, 0.15) is 0 Å². The van der Waals surface area contributed by atoms with Gasteiger partial charge in [-0.2, -0.15) is 0 Å². The summed E-state index contributed by atoms with van der Waals surface area (Å²) >= 11 is 5.82. The molecule has 0 aliphatic heterocycles. The molecule has 0 radical (unpaired) electrons. The van der Waals surface area contributed by atoms with Crippen molar-refractivity contribution in [3.05, 3.63) is 34.9 Å². The Hall–Kier alpha value is -0.570. The van der Waals surface area contributed by atoms with Crippen molar-refractivity contribution in [3.63, 3.8) is 0 Å². The lowest BCUT2D eigenvalue weighted by molar-refractivity contribution is 0.0138. The highest BCUT2D eigenvalue weighted by Gasteiger charge is 2.18. The summed E-state index contributed by atoms with van der Waals surface area (Å²) < 4.78 is 5.86. The smallest absolute Gasteiger partial charge is 0.0720 e. The molecule has 1 aliphatic carbocycles. The third kappa shape index (κ3) is 3.48. The molecule has 1 aromatic carbocycles. The van der Waals surface area contributed by atoms with E-state index in [1.807, 2.05) is 24.3 Å². The molecule has 0 aromatic heterocycles. The zero-order valence-corrected chi connectivity index (χ0v) is 10.1. The first-order valence-electron chi connectivity index (χ1n) is 5.85. The first-order chi connectivity index (χ1) is 7.74. The van der Waals surface area contributed by atoms with E-state index in [2.05, 4.69) is 0 Å². The number of hydrogen-bond donors (Lipinski definition) is 1. The predicted octanol–water partition coefficient (Wildman–Crippen LogP) is 3.13.